The number of fused-ring (bicyclic) bond motifs is 1. The molecule has 0 saturated carbocycles. The molecular formula is C15H23NO3. The van der Waals surface area contributed by atoms with Crippen LogP contribution >= 0.6 is 0 Å². The van der Waals surface area contributed by atoms with Crippen LogP contribution in [-0.4, -0.2) is 37.5 Å². The Hall–Kier alpha value is -1.26. The molecule has 0 fully saturated rings. The standard InChI is InChI=1S/C15H23NO3/c1-4-16(7-8-17-12(2)3)10-13-5-6-14-15(9-13)19-11-18-14/h5-6,9,12H,4,7-8,10-11H2,1-3H3. The molecule has 2 rings (SSSR count). The van der Waals surface area contributed by atoms with E-state index < -0.39 is 0 Å². The lowest BCUT2D eigenvalue weighted by Crippen LogP contribution is -2.27. The molecule has 1 aromatic rings. The first-order chi connectivity index (χ1) is 9.19. The van der Waals surface area contributed by atoms with Crippen molar-refractivity contribution in [2.24, 2.45) is 0 Å². The third kappa shape index (κ3) is 4.11. The van der Waals surface area contributed by atoms with Crippen LogP contribution in [-0.2, 0) is 11.3 Å². The largest absolute Gasteiger partial charge is 0.454 e. The zero-order valence-corrected chi connectivity index (χ0v) is 12.0. The predicted octanol–water partition coefficient (Wildman–Crippen LogP) is 2.66. The van der Waals surface area contributed by atoms with Crippen LogP contribution < -0.4 is 9.47 Å². The van der Waals surface area contributed by atoms with Crippen LogP contribution in [0.15, 0.2) is 18.2 Å². The molecule has 0 bridgehead atoms. The van der Waals surface area contributed by atoms with Crippen LogP contribution in [0.2, 0.25) is 0 Å². The van der Waals surface area contributed by atoms with Crippen LogP contribution in [0.1, 0.15) is 26.3 Å². The number of likely N-dealkylation sites (N-methyl/N-ethyl adjacent to an activating group) is 1. The summed E-state index contributed by atoms with van der Waals surface area (Å²) in [4.78, 5) is 2.36. The van der Waals surface area contributed by atoms with E-state index in [1.165, 1.54) is 5.56 Å². The molecular weight excluding hydrogens is 242 g/mol. The highest BCUT2D eigenvalue weighted by Gasteiger charge is 2.14. The molecule has 4 heteroatoms. The first-order valence-corrected chi connectivity index (χ1v) is 6.91. The fourth-order valence-electron chi connectivity index (χ4n) is 2.06. The van der Waals surface area contributed by atoms with Gasteiger partial charge in [-0.25, -0.2) is 0 Å². The van der Waals surface area contributed by atoms with E-state index in [2.05, 4.69) is 37.8 Å². The van der Waals surface area contributed by atoms with Crippen LogP contribution in [0, 0.1) is 0 Å². The Morgan fingerprint density at radius 2 is 2.05 bits per heavy atom. The van der Waals surface area contributed by atoms with Gasteiger partial charge in [-0.05, 0) is 38.1 Å². The SMILES string of the molecule is CCN(CCOC(C)C)Cc1ccc2c(c1)OCO2. The Bertz CT molecular complexity index is 406. The van der Waals surface area contributed by atoms with E-state index in [0.717, 1.165) is 37.7 Å². The summed E-state index contributed by atoms with van der Waals surface area (Å²) in [6, 6.07) is 6.14. The molecule has 1 aromatic carbocycles. The zero-order chi connectivity index (χ0) is 13.7. The average Bonchev–Trinajstić information content (AvgIpc) is 2.84. The number of ether oxygens (including phenoxy) is 3. The summed E-state index contributed by atoms with van der Waals surface area (Å²) in [5, 5.41) is 0. The first-order valence-electron chi connectivity index (χ1n) is 6.91. The maximum Gasteiger partial charge on any atom is 0.231 e. The topological polar surface area (TPSA) is 30.9 Å². The highest BCUT2D eigenvalue weighted by Crippen LogP contribution is 2.32. The summed E-state index contributed by atoms with van der Waals surface area (Å²) >= 11 is 0. The van der Waals surface area contributed by atoms with Crippen LogP contribution in [0.5, 0.6) is 11.5 Å². The van der Waals surface area contributed by atoms with Crippen molar-refractivity contribution in [2.45, 2.75) is 33.4 Å². The first kappa shape index (κ1) is 14.2. The Labute approximate surface area is 115 Å². The maximum absolute atomic E-state index is 5.60. The van der Waals surface area contributed by atoms with Crippen molar-refractivity contribution in [3.63, 3.8) is 0 Å². The van der Waals surface area contributed by atoms with E-state index >= 15 is 0 Å². The molecule has 0 amide bonds. The van der Waals surface area contributed by atoms with Crippen LogP contribution in [0.4, 0.5) is 0 Å². The summed E-state index contributed by atoms with van der Waals surface area (Å²) < 4.78 is 16.3. The fourth-order valence-corrected chi connectivity index (χ4v) is 2.06. The van der Waals surface area contributed by atoms with Gasteiger partial charge >= 0.3 is 0 Å². The average molecular weight is 265 g/mol. The minimum Gasteiger partial charge on any atom is -0.454 e. The second-order valence-corrected chi connectivity index (χ2v) is 4.98. The fraction of sp³-hybridized carbons (Fsp3) is 0.600. The molecule has 0 saturated heterocycles. The molecule has 4 nitrogen and oxygen atoms in total. The van der Waals surface area contributed by atoms with E-state index in [9.17, 15) is 0 Å². The molecule has 0 aromatic heterocycles. The van der Waals surface area contributed by atoms with Gasteiger partial charge in [0.2, 0.25) is 6.79 Å². The van der Waals surface area contributed by atoms with Crippen molar-refractivity contribution in [3.8, 4) is 11.5 Å². The highest BCUT2D eigenvalue weighted by molar-refractivity contribution is 5.44. The minimum absolute atomic E-state index is 0.296. The van der Waals surface area contributed by atoms with Crippen molar-refractivity contribution in [1.29, 1.82) is 0 Å². The summed E-state index contributed by atoms with van der Waals surface area (Å²) in [6.07, 6.45) is 0.296. The van der Waals surface area contributed by atoms with Crippen molar-refractivity contribution in [1.82, 2.24) is 4.90 Å². The van der Waals surface area contributed by atoms with Crippen molar-refractivity contribution in [2.75, 3.05) is 26.5 Å². The van der Waals surface area contributed by atoms with Gasteiger partial charge < -0.3 is 14.2 Å². The Kier molecular flexibility index (Phi) is 5.05. The quantitative estimate of drug-likeness (QED) is 0.758. The van der Waals surface area contributed by atoms with Crippen molar-refractivity contribution >= 4 is 0 Å². The second kappa shape index (κ2) is 6.78. The molecule has 0 radical (unpaired) electrons. The van der Waals surface area contributed by atoms with Gasteiger partial charge in [0, 0.05) is 13.1 Å². The summed E-state index contributed by atoms with van der Waals surface area (Å²) in [5.41, 5.74) is 1.25. The predicted molar refractivity (Wildman–Crippen MR) is 74.6 cm³/mol. The highest BCUT2D eigenvalue weighted by atomic mass is 16.7. The van der Waals surface area contributed by atoms with E-state index in [1.54, 1.807) is 0 Å². The van der Waals surface area contributed by atoms with E-state index in [4.69, 9.17) is 14.2 Å². The number of hydrogen-bond acceptors (Lipinski definition) is 4. The molecule has 19 heavy (non-hydrogen) atoms. The molecule has 0 aliphatic carbocycles. The summed E-state index contributed by atoms with van der Waals surface area (Å²) in [7, 11) is 0. The van der Waals surface area contributed by atoms with E-state index in [-0.39, 0.29) is 0 Å². The minimum atomic E-state index is 0.296. The van der Waals surface area contributed by atoms with Gasteiger partial charge in [-0.1, -0.05) is 13.0 Å². The molecule has 106 valence electrons. The van der Waals surface area contributed by atoms with Gasteiger partial charge in [-0.3, -0.25) is 4.90 Å². The van der Waals surface area contributed by atoms with Gasteiger partial charge in [0.05, 0.1) is 12.7 Å². The van der Waals surface area contributed by atoms with Gasteiger partial charge in [0.15, 0.2) is 11.5 Å². The Morgan fingerprint density at radius 3 is 2.79 bits per heavy atom. The molecule has 1 aliphatic heterocycles. The monoisotopic (exact) mass is 265 g/mol. The molecule has 0 atom stereocenters. The molecule has 1 aliphatic rings. The zero-order valence-electron chi connectivity index (χ0n) is 12.0. The molecule has 1 heterocycles. The normalized spacial score (nSPS) is 13.5. The van der Waals surface area contributed by atoms with E-state index in [0.29, 0.717) is 12.9 Å². The Balaban J connectivity index is 1.87. The summed E-state index contributed by atoms with van der Waals surface area (Å²) in [6.45, 7) is 10.3. The summed E-state index contributed by atoms with van der Waals surface area (Å²) in [5.74, 6) is 1.70. The number of hydrogen-bond donors (Lipinski definition) is 0. The lowest BCUT2D eigenvalue weighted by Gasteiger charge is -2.21. The lowest BCUT2D eigenvalue weighted by atomic mass is 10.2. The molecule has 0 unspecified atom stereocenters. The third-order valence-corrected chi connectivity index (χ3v) is 3.15. The smallest absolute Gasteiger partial charge is 0.231 e. The Morgan fingerprint density at radius 1 is 1.26 bits per heavy atom. The van der Waals surface area contributed by atoms with Gasteiger partial charge in [0.25, 0.3) is 0 Å². The van der Waals surface area contributed by atoms with Gasteiger partial charge in [0.1, 0.15) is 0 Å². The van der Waals surface area contributed by atoms with Crippen molar-refractivity contribution in [3.05, 3.63) is 23.8 Å². The van der Waals surface area contributed by atoms with Gasteiger partial charge in [-0.15, -0.1) is 0 Å². The second-order valence-electron chi connectivity index (χ2n) is 4.98. The number of benzene rings is 1. The molecule has 0 N–H and O–H groups in total. The molecule has 0 spiro atoms. The van der Waals surface area contributed by atoms with Crippen molar-refractivity contribution < 1.29 is 14.2 Å². The number of nitrogens with zero attached hydrogens (tertiary/aromatic N) is 1. The lowest BCUT2D eigenvalue weighted by molar-refractivity contribution is 0.0585. The maximum atomic E-state index is 5.60. The van der Waals surface area contributed by atoms with Crippen LogP contribution in [0.25, 0.3) is 0 Å². The van der Waals surface area contributed by atoms with Crippen LogP contribution in [0.3, 0.4) is 0 Å². The third-order valence-electron chi connectivity index (χ3n) is 3.15. The number of rotatable bonds is 7. The van der Waals surface area contributed by atoms with Gasteiger partial charge in [-0.2, -0.15) is 0 Å². The van der Waals surface area contributed by atoms with E-state index in [1.807, 2.05) is 6.07 Å².